The van der Waals surface area contributed by atoms with Crippen molar-refractivity contribution >= 4 is 22.4 Å². The fourth-order valence-electron chi connectivity index (χ4n) is 3.77. The summed E-state index contributed by atoms with van der Waals surface area (Å²) in [6, 6.07) is 15.5. The van der Waals surface area contributed by atoms with E-state index in [0.717, 1.165) is 51.6 Å². The number of hydrogen-bond donors (Lipinski definition) is 1. The molecule has 0 bridgehead atoms. The van der Waals surface area contributed by atoms with E-state index in [-0.39, 0.29) is 5.92 Å². The Labute approximate surface area is 180 Å². The highest BCUT2D eigenvalue weighted by molar-refractivity contribution is 5.91. The van der Waals surface area contributed by atoms with E-state index >= 15 is 0 Å². The predicted octanol–water partition coefficient (Wildman–Crippen LogP) is 4.50. The smallest absolute Gasteiger partial charge is 0.142 e. The zero-order valence-corrected chi connectivity index (χ0v) is 17.3. The number of pyridine rings is 1. The SMILES string of the molecule is COc1ccc2c(c1)CC(c1nc(Nc3cccnc3)c3cc(OC)ccc3n1)CO2. The number of rotatable bonds is 5. The maximum Gasteiger partial charge on any atom is 0.142 e. The fraction of sp³-hybridized carbons (Fsp3) is 0.208. The second-order valence-electron chi connectivity index (χ2n) is 7.37. The Balaban J connectivity index is 1.56. The molecular weight excluding hydrogens is 392 g/mol. The van der Waals surface area contributed by atoms with E-state index in [1.54, 1.807) is 26.6 Å². The van der Waals surface area contributed by atoms with E-state index in [1.165, 1.54) is 0 Å². The number of anilines is 2. The molecule has 1 atom stereocenters. The van der Waals surface area contributed by atoms with Crippen LogP contribution in [0.4, 0.5) is 11.5 Å². The first-order valence-corrected chi connectivity index (χ1v) is 10.1. The van der Waals surface area contributed by atoms with Crippen LogP contribution < -0.4 is 19.5 Å². The number of nitrogens with zero attached hydrogens (tertiary/aromatic N) is 3. The van der Waals surface area contributed by atoms with Crippen LogP contribution in [0.2, 0.25) is 0 Å². The molecule has 3 heterocycles. The molecule has 156 valence electrons. The number of ether oxygens (including phenoxy) is 3. The lowest BCUT2D eigenvalue weighted by Crippen LogP contribution is -2.21. The summed E-state index contributed by atoms with van der Waals surface area (Å²) in [5, 5.41) is 4.27. The van der Waals surface area contributed by atoms with Crippen LogP contribution in [0.15, 0.2) is 60.9 Å². The van der Waals surface area contributed by atoms with Gasteiger partial charge in [0.05, 0.1) is 44.1 Å². The molecule has 1 N–H and O–H groups in total. The Morgan fingerprint density at radius 2 is 1.84 bits per heavy atom. The Bertz CT molecular complexity index is 1230. The molecule has 2 aromatic carbocycles. The highest BCUT2D eigenvalue weighted by Gasteiger charge is 2.25. The van der Waals surface area contributed by atoms with Gasteiger partial charge in [0, 0.05) is 11.6 Å². The van der Waals surface area contributed by atoms with Crippen molar-refractivity contribution < 1.29 is 14.2 Å². The van der Waals surface area contributed by atoms with E-state index < -0.39 is 0 Å². The maximum atomic E-state index is 6.01. The van der Waals surface area contributed by atoms with Gasteiger partial charge in [-0.1, -0.05) is 0 Å². The second kappa shape index (κ2) is 8.10. The van der Waals surface area contributed by atoms with Gasteiger partial charge in [-0.15, -0.1) is 0 Å². The van der Waals surface area contributed by atoms with Crippen molar-refractivity contribution in [2.75, 3.05) is 26.1 Å². The van der Waals surface area contributed by atoms with Crippen LogP contribution in [0.25, 0.3) is 10.9 Å². The van der Waals surface area contributed by atoms with Crippen LogP contribution in [0.3, 0.4) is 0 Å². The van der Waals surface area contributed by atoms with Crippen molar-refractivity contribution in [2.24, 2.45) is 0 Å². The van der Waals surface area contributed by atoms with Crippen molar-refractivity contribution in [1.29, 1.82) is 0 Å². The average molecular weight is 414 g/mol. The lowest BCUT2D eigenvalue weighted by Gasteiger charge is -2.25. The van der Waals surface area contributed by atoms with E-state index in [4.69, 9.17) is 24.2 Å². The van der Waals surface area contributed by atoms with Gasteiger partial charge in [0.25, 0.3) is 0 Å². The third-order valence-electron chi connectivity index (χ3n) is 5.38. The summed E-state index contributed by atoms with van der Waals surface area (Å²) < 4.78 is 16.8. The summed E-state index contributed by atoms with van der Waals surface area (Å²) in [4.78, 5) is 13.9. The second-order valence-corrected chi connectivity index (χ2v) is 7.37. The molecule has 7 nitrogen and oxygen atoms in total. The molecule has 0 saturated carbocycles. The minimum absolute atomic E-state index is 0.0283. The standard InChI is InChI=1S/C24H22N4O3/c1-29-18-6-8-22-15(11-18)10-16(14-31-22)23-27-21-7-5-19(30-2)12-20(21)24(28-23)26-17-4-3-9-25-13-17/h3-9,11-13,16H,10,14H2,1-2H3,(H,26,27,28). The zero-order valence-electron chi connectivity index (χ0n) is 17.3. The topological polar surface area (TPSA) is 78.4 Å². The third-order valence-corrected chi connectivity index (χ3v) is 5.38. The quantitative estimate of drug-likeness (QED) is 0.515. The Hall–Kier alpha value is -3.87. The zero-order chi connectivity index (χ0) is 21.2. The molecule has 1 unspecified atom stereocenters. The van der Waals surface area contributed by atoms with Gasteiger partial charge in [0.1, 0.15) is 28.9 Å². The molecule has 0 aliphatic carbocycles. The van der Waals surface area contributed by atoms with Crippen molar-refractivity contribution in [2.45, 2.75) is 12.3 Å². The molecule has 0 saturated heterocycles. The molecule has 0 radical (unpaired) electrons. The number of nitrogens with one attached hydrogen (secondary N) is 1. The van der Waals surface area contributed by atoms with Crippen LogP contribution in [0.1, 0.15) is 17.3 Å². The summed E-state index contributed by atoms with van der Waals surface area (Å²) in [7, 11) is 3.32. The van der Waals surface area contributed by atoms with Gasteiger partial charge in [0.15, 0.2) is 0 Å². The van der Waals surface area contributed by atoms with E-state index in [0.29, 0.717) is 12.4 Å². The summed E-state index contributed by atoms with van der Waals surface area (Å²) in [5.41, 5.74) is 2.79. The Morgan fingerprint density at radius 1 is 1.00 bits per heavy atom. The Morgan fingerprint density at radius 3 is 2.65 bits per heavy atom. The molecular formula is C24H22N4O3. The first-order chi connectivity index (χ1) is 15.2. The molecule has 2 aromatic heterocycles. The normalized spacial score (nSPS) is 15.1. The van der Waals surface area contributed by atoms with Gasteiger partial charge in [0.2, 0.25) is 0 Å². The van der Waals surface area contributed by atoms with Gasteiger partial charge in [-0.3, -0.25) is 4.98 Å². The minimum atomic E-state index is 0.0283. The van der Waals surface area contributed by atoms with Gasteiger partial charge < -0.3 is 19.5 Å². The number of fused-ring (bicyclic) bond motifs is 2. The van der Waals surface area contributed by atoms with E-state index in [2.05, 4.69) is 10.3 Å². The van der Waals surface area contributed by atoms with Crippen molar-refractivity contribution in [3.05, 3.63) is 72.3 Å². The largest absolute Gasteiger partial charge is 0.497 e. The van der Waals surface area contributed by atoms with Crippen LogP contribution in [0, 0.1) is 0 Å². The number of benzene rings is 2. The van der Waals surface area contributed by atoms with Gasteiger partial charge in [-0.25, -0.2) is 9.97 Å². The van der Waals surface area contributed by atoms with Crippen LogP contribution in [-0.4, -0.2) is 35.8 Å². The highest BCUT2D eigenvalue weighted by Crippen LogP contribution is 2.35. The van der Waals surface area contributed by atoms with Crippen molar-refractivity contribution in [1.82, 2.24) is 15.0 Å². The molecule has 0 fully saturated rings. The number of hydrogen-bond acceptors (Lipinski definition) is 7. The summed E-state index contributed by atoms with van der Waals surface area (Å²) in [5.74, 6) is 3.92. The van der Waals surface area contributed by atoms with Crippen LogP contribution in [-0.2, 0) is 6.42 Å². The number of methoxy groups -OCH3 is 2. The summed E-state index contributed by atoms with van der Waals surface area (Å²) in [6.07, 6.45) is 4.28. The van der Waals surface area contributed by atoms with Crippen LogP contribution >= 0.6 is 0 Å². The third kappa shape index (κ3) is 3.82. The lowest BCUT2D eigenvalue weighted by atomic mass is 9.95. The first-order valence-electron chi connectivity index (χ1n) is 10.1. The lowest BCUT2D eigenvalue weighted by molar-refractivity contribution is 0.257. The summed E-state index contributed by atoms with van der Waals surface area (Å²) >= 11 is 0. The van der Waals surface area contributed by atoms with Crippen molar-refractivity contribution in [3.8, 4) is 17.2 Å². The molecule has 1 aliphatic rings. The number of aromatic nitrogens is 3. The maximum absolute atomic E-state index is 6.01. The monoisotopic (exact) mass is 414 g/mol. The molecule has 5 rings (SSSR count). The Kier molecular flexibility index (Phi) is 5.00. The summed E-state index contributed by atoms with van der Waals surface area (Å²) in [6.45, 7) is 0.521. The molecule has 4 aromatic rings. The molecule has 0 amide bonds. The highest BCUT2D eigenvalue weighted by atomic mass is 16.5. The first kappa shape index (κ1) is 19.1. The molecule has 0 spiro atoms. The van der Waals surface area contributed by atoms with Gasteiger partial charge >= 0.3 is 0 Å². The molecule has 1 aliphatic heterocycles. The fourth-order valence-corrected chi connectivity index (χ4v) is 3.77. The van der Waals surface area contributed by atoms with E-state index in [1.807, 2.05) is 48.5 Å². The van der Waals surface area contributed by atoms with Gasteiger partial charge in [-0.2, -0.15) is 0 Å². The molecule has 7 heteroatoms. The van der Waals surface area contributed by atoms with Crippen molar-refractivity contribution in [3.63, 3.8) is 0 Å². The predicted molar refractivity (Wildman–Crippen MR) is 119 cm³/mol. The van der Waals surface area contributed by atoms with Crippen LogP contribution in [0.5, 0.6) is 17.2 Å². The molecule has 31 heavy (non-hydrogen) atoms. The minimum Gasteiger partial charge on any atom is -0.497 e. The van der Waals surface area contributed by atoms with E-state index in [9.17, 15) is 0 Å². The van der Waals surface area contributed by atoms with Gasteiger partial charge in [-0.05, 0) is 60.5 Å². The average Bonchev–Trinajstić information content (AvgIpc) is 2.83.